The standard InChI is InChI=1S/C17H16FN3O5S/c1-25-14-6-11-12(7-15(14)26-2)17(22)21-20-16(11)10-4-3-9(5-13(10)18)8-19-27(23)24/h3-7,19H,8H2,1-2H3,(H,21,22)(H,23,24). The lowest BCUT2D eigenvalue weighted by Crippen LogP contribution is -2.15. The van der Waals surface area contributed by atoms with Crippen molar-refractivity contribution in [2.45, 2.75) is 6.54 Å². The van der Waals surface area contributed by atoms with Crippen LogP contribution in [0.5, 0.6) is 11.5 Å². The van der Waals surface area contributed by atoms with Crippen molar-refractivity contribution in [3.63, 3.8) is 0 Å². The molecule has 0 amide bonds. The van der Waals surface area contributed by atoms with Crippen molar-refractivity contribution in [1.29, 1.82) is 0 Å². The Kier molecular flexibility index (Phi) is 5.49. The Morgan fingerprint density at radius 1 is 1.19 bits per heavy atom. The Balaban J connectivity index is 2.15. The first-order valence-corrected chi connectivity index (χ1v) is 8.83. The number of aromatic amines is 1. The van der Waals surface area contributed by atoms with Crippen molar-refractivity contribution < 1.29 is 22.6 Å². The van der Waals surface area contributed by atoms with Crippen molar-refractivity contribution in [2.24, 2.45) is 0 Å². The number of fused-ring (bicyclic) bond motifs is 1. The van der Waals surface area contributed by atoms with Gasteiger partial charge >= 0.3 is 0 Å². The Labute approximate surface area is 155 Å². The third-order valence-corrected chi connectivity index (χ3v) is 4.37. The number of nitrogens with one attached hydrogen (secondary N) is 2. The number of ether oxygens (including phenoxy) is 2. The highest BCUT2D eigenvalue weighted by molar-refractivity contribution is 7.77. The molecule has 0 fully saturated rings. The number of hydrogen-bond acceptors (Lipinski definition) is 5. The molecule has 0 bridgehead atoms. The van der Waals surface area contributed by atoms with E-state index < -0.39 is 22.6 Å². The van der Waals surface area contributed by atoms with Crippen molar-refractivity contribution in [3.8, 4) is 22.8 Å². The number of aromatic nitrogens is 2. The lowest BCUT2D eigenvalue weighted by molar-refractivity contribution is 0.356. The number of methoxy groups -OCH3 is 2. The SMILES string of the molecule is COc1cc2c(-c3ccc(CNS(=O)O)cc3F)n[nH]c(=O)c2cc1OC. The van der Waals surface area contributed by atoms with E-state index in [0.29, 0.717) is 22.4 Å². The van der Waals surface area contributed by atoms with E-state index in [0.717, 1.165) is 0 Å². The zero-order chi connectivity index (χ0) is 19.6. The molecule has 3 aromatic rings. The molecule has 0 aliphatic heterocycles. The fraction of sp³-hybridized carbons (Fsp3) is 0.176. The quantitative estimate of drug-likeness (QED) is 0.552. The maximum atomic E-state index is 14.7. The molecule has 3 rings (SSSR count). The van der Waals surface area contributed by atoms with E-state index in [1.54, 1.807) is 12.1 Å². The molecule has 3 N–H and O–H groups in total. The van der Waals surface area contributed by atoms with Crippen molar-refractivity contribution >= 4 is 22.0 Å². The molecule has 1 atom stereocenters. The second-order valence-corrected chi connectivity index (χ2v) is 6.33. The molecule has 142 valence electrons. The zero-order valence-electron chi connectivity index (χ0n) is 14.4. The second-order valence-electron chi connectivity index (χ2n) is 5.54. The topological polar surface area (TPSA) is 114 Å². The zero-order valence-corrected chi connectivity index (χ0v) is 15.2. The summed E-state index contributed by atoms with van der Waals surface area (Å²) < 4.78 is 46.8. The van der Waals surface area contributed by atoms with Crippen LogP contribution in [0.4, 0.5) is 4.39 Å². The summed E-state index contributed by atoms with van der Waals surface area (Å²) in [5.74, 6) is 0.158. The Morgan fingerprint density at radius 3 is 2.44 bits per heavy atom. The molecule has 0 aliphatic rings. The predicted molar refractivity (Wildman–Crippen MR) is 98.5 cm³/mol. The molecule has 1 aromatic heterocycles. The van der Waals surface area contributed by atoms with E-state index in [4.69, 9.17) is 14.0 Å². The second kappa shape index (κ2) is 7.82. The van der Waals surface area contributed by atoms with Gasteiger partial charge in [0, 0.05) is 17.5 Å². The molecular formula is C17H16FN3O5S. The third kappa shape index (κ3) is 3.82. The summed E-state index contributed by atoms with van der Waals surface area (Å²) >= 11 is -2.19. The first-order chi connectivity index (χ1) is 12.9. The van der Waals surface area contributed by atoms with Crippen molar-refractivity contribution in [2.75, 3.05) is 14.2 Å². The Morgan fingerprint density at radius 2 is 1.85 bits per heavy atom. The average molecular weight is 393 g/mol. The fourth-order valence-corrected chi connectivity index (χ4v) is 2.99. The Bertz CT molecular complexity index is 1090. The Hall–Kier alpha value is -2.82. The van der Waals surface area contributed by atoms with Gasteiger partial charge in [0.05, 0.1) is 19.6 Å². The lowest BCUT2D eigenvalue weighted by Gasteiger charge is -2.12. The minimum Gasteiger partial charge on any atom is -0.493 e. The van der Waals surface area contributed by atoms with Crippen molar-refractivity contribution in [3.05, 3.63) is 52.1 Å². The van der Waals surface area contributed by atoms with E-state index >= 15 is 0 Å². The molecule has 27 heavy (non-hydrogen) atoms. The van der Waals surface area contributed by atoms with Gasteiger partial charge in [-0.1, -0.05) is 6.07 Å². The van der Waals surface area contributed by atoms with Gasteiger partial charge in [-0.25, -0.2) is 18.4 Å². The van der Waals surface area contributed by atoms with Crippen LogP contribution in [0.25, 0.3) is 22.0 Å². The molecule has 0 radical (unpaired) electrons. The fourth-order valence-electron chi connectivity index (χ4n) is 2.70. The van der Waals surface area contributed by atoms with Crippen molar-refractivity contribution in [1.82, 2.24) is 14.9 Å². The average Bonchev–Trinajstić information content (AvgIpc) is 2.66. The van der Waals surface area contributed by atoms with Gasteiger partial charge in [-0.05, 0) is 29.8 Å². The maximum absolute atomic E-state index is 14.7. The molecule has 1 unspecified atom stereocenters. The highest BCUT2D eigenvalue weighted by atomic mass is 32.2. The summed E-state index contributed by atoms with van der Waals surface area (Å²) in [4.78, 5) is 12.1. The predicted octanol–water partition coefficient (Wildman–Crippen LogP) is 1.97. The molecule has 0 saturated carbocycles. The van der Waals surface area contributed by atoms with E-state index in [1.807, 2.05) is 0 Å². The molecule has 8 nitrogen and oxygen atoms in total. The summed E-state index contributed by atoms with van der Waals surface area (Å²) in [6.07, 6.45) is 0. The number of hydrogen-bond donors (Lipinski definition) is 3. The summed E-state index contributed by atoms with van der Waals surface area (Å²) in [5, 5.41) is 7.03. The van der Waals surface area contributed by atoms with E-state index in [2.05, 4.69) is 14.9 Å². The number of H-pyrrole nitrogens is 1. The number of benzene rings is 2. The van der Waals surface area contributed by atoms with Crippen LogP contribution in [0.1, 0.15) is 5.56 Å². The van der Waals surface area contributed by atoms with Gasteiger partial charge in [0.15, 0.2) is 11.5 Å². The van der Waals surface area contributed by atoms with Crippen LogP contribution in [0, 0.1) is 5.82 Å². The molecule has 0 spiro atoms. The van der Waals surface area contributed by atoms with Gasteiger partial charge in [-0.3, -0.25) is 9.35 Å². The van der Waals surface area contributed by atoms with Gasteiger partial charge < -0.3 is 9.47 Å². The van der Waals surface area contributed by atoms with Crippen LogP contribution in [-0.4, -0.2) is 33.2 Å². The lowest BCUT2D eigenvalue weighted by atomic mass is 10.0. The van der Waals surface area contributed by atoms with Crippen LogP contribution >= 0.6 is 0 Å². The van der Waals surface area contributed by atoms with Crippen LogP contribution in [-0.2, 0) is 17.8 Å². The first kappa shape index (κ1) is 19.0. The number of rotatable bonds is 6. The molecule has 10 heteroatoms. The van der Waals surface area contributed by atoms with Crippen LogP contribution in [0.2, 0.25) is 0 Å². The summed E-state index contributed by atoms with van der Waals surface area (Å²) in [5.41, 5.74) is 0.429. The smallest absolute Gasteiger partial charge is 0.272 e. The number of halogens is 1. The summed E-state index contributed by atoms with van der Waals surface area (Å²) in [6.45, 7) is 0.0190. The van der Waals surface area contributed by atoms with Crippen LogP contribution in [0.15, 0.2) is 35.1 Å². The first-order valence-electron chi connectivity index (χ1n) is 7.72. The van der Waals surface area contributed by atoms with E-state index in [-0.39, 0.29) is 23.2 Å². The normalized spacial score (nSPS) is 12.1. The maximum Gasteiger partial charge on any atom is 0.272 e. The van der Waals surface area contributed by atoms with Crippen LogP contribution in [0.3, 0.4) is 0 Å². The minimum absolute atomic E-state index is 0.0190. The molecule has 2 aromatic carbocycles. The highest BCUT2D eigenvalue weighted by Gasteiger charge is 2.16. The minimum atomic E-state index is -2.19. The monoisotopic (exact) mass is 393 g/mol. The molecule has 1 heterocycles. The number of nitrogens with zero attached hydrogens (tertiary/aromatic N) is 1. The highest BCUT2D eigenvalue weighted by Crippen LogP contribution is 2.35. The van der Waals surface area contributed by atoms with Crippen LogP contribution < -0.4 is 19.8 Å². The van der Waals surface area contributed by atoms with Gasteiger partial charge in [-0.15, -0.1) is 0 Å². The van der Waals surface area contributed by atoms with Gasteiger partial charge in [-0.2, -0.15) is 5.10 Å². The summed E-state index contributed by atoms with van der Waals surface area (Å²) in [6, 6.07) is 7.39. The van der Waals surface area contributed by atoms with E-state index in [1.165, 1.54) is 32.4 Å². The van der Waals surface area contributed by atoms with Gasteiger partial charge in [0.1, 0.15) is 11.5 Å². The van der Waals surface area contributed by atoms with Gasteiger partial charge in [0.2, 0.25) is 11.3 Å². The summed E-state index contributed by atoms with van der Waals surface area (Å²) in [7, 11) is 2.91. The van der Waals surface area contributed by atoms with E-state index in [9.17, 15) is 13.4 Å². The molecule has 0 aliphatic carbocycles. The van der Waals surface area contributed by atoms with Gasteiger partial charge in [0.25, 0.3) is 5.56 Å². The molecular weight excluding hydrogens is 377 g/mol. The third-order valence-electron chi connectivity index (χ3n) is 3.98. The molecule has 0 saturated heterocycles. The largest absolute Gasteiger partial charge is 0.493 e.